The van der Waals surface area contributed by atoms with E-state index in [0.29, 0.717) is 16.0 Å². The molecule has 0 amide bonds. The summed E-state index contributed by atoms with van der Waals surface area (Å²) in [4.78, 5) is 12.5. The molecule has 0 saturated heterocycles. The number of hydrogen-bond acceptors (Lipinski definition) is 2. The minimum absolute atomic E-state index is 0.0899. The third-order valence-corrected chi connectivity index (χ3v) is 4.28. The van der Waals surface area contributed by atoms with Gasteiger partial charge in [-0.2, -0.15) is 0 Å². The van der Waals surface area contributed by atoms with Crippen LogP contribution in [0.3, 0.4) is 0 Å². The Labute approximate surface area is 130 Å². The van der Waals surface area contributed by atoms with Crippen molar-refractivity contribution < 1.29 is 9.21 Å². The van der Waals surface area contributed by atoms with Crippen LogP contribution in [-0.2, 0) is 6.42 Å². The normalized spacial score (nSPS) is 12.0. The third-order valence-electron chi connectivity index (χ3n) is 3.86. The molecule has 2 aromatic carbocycles. The fraction of sp³-hybridized carbons (Fsp3) is 0.0556. The predicted octanol–water partition coefficient (Wildman–Crippen LogP) is 4.84. The maximum atomic E-state index is 12.5. The van der Waals surface area contributed by atoms with Gasteiger partial charge in [-0.05, 0) is 62.8 Å². The highest BCUT2D eigenvalue weighted by Gasteiger charge is 2.21. The molecule has 21 heavy (non-hydrogen) atoms. The van der Waals surface area contributed by atoms with Crippen molar-refractivity contribution in [1.29, 1.82) is 0 Å². The molecule has 1 heterocycles. The summed E-state index contributed by atoms with van der Waals surface area (Å²) in [7, 11) is 0. The van der Waals surface area contributed by atoms with Gasteiger partial charge in [-0.1, -0.05) is 36.4 Å². The zero-order chi connectivity index (χ0) is 14.4. The van der Waals surface area contributed by atoms with E-state index in [-0.39, 0.29) is 5.78 Å². The topological polar surface area (TPSA) is 30.2 Å². The predicted molar refractivity (Wildman–Crippen MR) is 84.5 cm³/mol. The number of carbonyl (C=O) groups excluding carboxylic acids is 1. The van der Waals surface area contributed by atoms with Crippen LogP contribution in [0.1, 0.15) is 27.2 Å². The van der Waals surface area contributed by atoms with Crippen molar-refractivity contribution in [3.8, 4) is 11.1 Å². The lowest BCUT2D eigenvalue weighted by molar-refractivity contribution is 0.101. The lowest BCUT2D eigenvalue weighted by atomic mass is 10.0. The number of fused-ring (bicyclic) bond motifs is 3. The highest BCUT2D eigenvalue weighted by molar-refractivity contribution is 9.10. The van der Waals surface area contributed by atoms with Crippen molar-refractivity contribution in [3.63, 3.8) is 0 Å². The molecule has 2 nitrogen and oxygen atoms in total. The smallest absolute Gasteiger partial charge is 0.228 e. The van der Waals surface area contributed by atoms with E-state index in [1.807, 2.05) is 24.3 Å². The fourth-order valence-electron chi connectivity index (χ4n) is 2.84. The minimum atomic E-state index is -0.0899. The Morgan fingerprint density at radius 3 is 2.57 bits per heavy atom. The van der Waals surface area contributed by atoms with Crippen LogP contribution in [0.5, 0.6) is 0 Å². The van der Waals surface area contributed by atoms with Crippen LogP contribution in [0.25, 0.3) is 11.1 Å². The van der Waals surface area contributed by atoms with Gasteiger partial charge >= 0.3 is 0 Å². The molecule has 0 N–H and O–H groups in total. The highest BCUT2D eigenvalue weighted by Crippen LogP contribution is 2.37. The van der Waals surface area contributed by atoms with E-state index in [1.54, 1.807) is 12.1 Å². The first-order valence-corrected chi connectivity index (χ1v) is 7.53. The fourth-order valence-corrected chi connectivity index (χ4v) is 3.15. The Hall–Kier alpha value is -2.13. The second-order valence-electron chi connectivity index (χ2n) is 5.14. The van der Waals surface area contributed by atoms with E-state index in [9.17, 15) is 4.79 Å². The number of rotatable bonds is 2. The first-order valence-electron chi connectivity index (χ1n) is 6.73. The number of halogens is 1. The summed E-state index contributed by atoms with van der Waals surface area (Å²) in [5.74, 6) is 0.265. The van der Waals surface area contributed by atoms with Crippen LogP contribution < -0.4 is 0 Å². The summed E-state index contributed by atoms with van der Waals surface area (Å²) in [5, 5.41) is 0. The van der Waals surface area contributed by atoms with E-state index in [0.717, 1.165) is 12.0 Å². The van der Waals surface area contributed by atoms with E-state index in [1.165, 1.54) is 16.7 Å². The first kappa shape index (κ1) is 12.6. The van der Waals surface area contributed by atoms with Gasteiger partial charge in [0.15, 0.2) is 10.4 Å². The average molecular weight is 339 g/mol. The van der Waals surface area contributed by atoms with Gasteiger partial charge in [0.1, 0.15) is 0 Å². The van der Waals surface area contributed by atoms with Crippen LogP contribution in [-0.4, -0.2) is 5.78 Å². The summed E-state index contributed by atoms with van der Waals surface area (Å²) in [6.45, 7) is 0. The standard InChI is InChI=1S/C18H11BrO2/c19-17-8-7-16(21-17)18(20)13-6-5-12-9-11-3-1-2-4-14(11)15(12)10-13/h1-8,10H,9H2. The largest absolute Gasteiger partial charge is 0.446 e. The number of furan rings is 1. The summed E-state index contributed by atoms with van der Waals surface area (Å²) < 4.78 is 5.92. The Kier molecular flexibility index (Phi) is 2.82. The molecule has 1 aliphatic carbocycles. The Morgan fingerprint density at radius 1 is 0.952 bits per heavy atom. The second-order valence-corrected chi connectivity index (χ2v) is 5.92. The first-order chi connectivity index (χ1) is 10.2. The van der Waals surface area contributed by atoms with E-state index < -0.39 is 0 Å². The monoisotopic (exact) mass is 338 g/mol. The van der Waals surface area contributed by atoms with Crippen LogP contribution >= 0.6 is 15.9 Å². The SMILES string of the molecule is O=C(c1ccc2c(c1)-c1ccccc1C2)c1ccc(Br)o1. The summed E-state index contributed by atoms with van der Waals surface area (Å²) >= 11 is 3.23. The molecule has 0 aliphatic heterocycles. The van der Waals surface area contributed by atoms with Crippen molar-refractivity contribution in [3.05, 3.63) is 81.7 Å². The molecule has 0 spiro atoms. The maximum absolute atomic E-state index is 12.5. The molecule has 0 atom stereocenters. The molecule has 0 unspecified atom stereocenters. The van der Waals surface area contributed by atoms with Crippen LogP contribution in [0, 0.1) is 0 Å². The van der Waals surface area contributed by atoms with Crippen LogP contribution in [0.4, 0.5) is 0 Å². The lowest BCUT2D eigenvalue weighted by Crippen LogP contribution is -2.00. The maximum Gasteiger partial charge on any atom is 0.228 e. The van der Waals surface area contributed by atoms with E-state index >= 15 is 0 Å². The van der Waals surface area contributed by atoms with Crippen molar-refractivity contribution in [2.45, 2.75) is 6.42 Å². The van der Waals surface area contributed by atoms with Crippen LogP contribution in [0.15, 0.2) is 63.7 Å². The van der Waals surface area contributed by atoms with Crippen molar-refractivity contribution >= 4 is 21.7 Å². The van der Waals surface area contributed by atoms with Gasteiger partial charge in [0, 0.05) is 5.56 Å². The Bertz CT molecular complexity index is 861. The molecule has 3 aromatic rings. The molecule has 0 saturated carbocycles. The Morgan fingerprint density at radius 2 is 1.76 bits per heavy atom. The molecule has 3 heteroatoms. The minimum Gasteiger partial charge on any atom is -0.446 e. The second kappa shape index (κ2) is 4.71. The van der Waals surface area contributed by atoms with E-state index in [2.05, 4.69) is 34.1 Å². The molecular formula is C18H11BrO2. The highest BCUT2D eigenvalue weighted by atomic mass is 79.9. The number of ketones is 1. The van der Waals surface area contributed by atoms with Gasteiger partial charge in [0.05, 0.1) is 0 Å². The van der Waals surface area contributed by atoms with Gasteiger partial charge in [-0.15, -0.1) is 0 Å². The Balaban J connectivity index is 1.79. The average Bonchev–Trinajstić information content (AvgIpc) is 3.09. The van der Waals surface area contributed by atoms with Gasteiger partial charge in [0.2, 0.25) is 5.78 Å². The summed E-state index contributed by atoms with van der Waals surface area (Å²) in [6.07, 6.45) is 0.937. The molecular weight excluding hydrogens is 328 g/mol. The number of hydrogen-bond donors (Lipinski definition) is 0. The van der Waals surface area contributed by atoms with Crippen LogP contribution in [0.2, 0.25) is 0 Å². The van der Waals surface area contributed by atoms with E-state index in [4.69, 9.17) is 4.42 Å². The van der Waals surface area contributed by atoms with Gasteiger partial charge in [-0.25, -0.2) is 0 Å². The van der Waals surface area contributed by atoms with Crippen molar-refractivity contribution in [1.82, 2.24) is 0 Å². The molecule has 4 rings (SSSR count). The lowest BCUT2D eigenvalue weighted by Gasteiger charge is -2.04. The number of carbonyl (C=O) groups is 1. The van der Waals surface area contributed by atoms with Crippen molar-refractivity contribution in [2.24, 2.45) is 0 Å². The third kappa shape index (κ3) is 2.05. The molecule has 102 valence electrons. The molecule has 0 fully saturated rings. The molecule has 1 aliphatic rings. The summed E-state index contributed by atoms with van der Waals surface area (Å²) in [5.41, 5.74) is 5.63. The van der Waals surface area contributed by atoms with Gasteiger partial charge in [-0.3, -0.25) is 4.79 Å². The number of benzene rings is 2. The quantitative estimate of drug-likeness (QED) is 0.489. The van der Waals surface area contributed by atoms with Gasteiger partial charge in [0.25, 0.3) is 0 Å². The molecule has 1 aromatic heterocycles. The molecule has 0 bridgehead atoms. The zero-order valence-electron chi connectivity index (χ0n) is 11.1. The van der Waals surface area contributed by atoms with Crippen molar-refractivity contribution in [2.75, 3.05) is 0 Å². The molecule has 0 radical (unpaired) electrons. The summed E-state index contributed by atoms with van der Waals surface area (Å²) in [6, 6.07) is 17.6. The zero-order valence-corrected chi connectivity index (χ0v) is 12.7. The van der Waals surface area contributed by atoms with Gasteiger partial charge < -0.3 is 4.42 Å².